The van der Waals surface area contributed by atoms with Crippen molar-refractivity contribution in [2.75, 3.05) is 0 Å². The first kappa shape index (κ1) is 17.1. The maximum atomic E-state index is 11.3. The van der Waals surface area contributed by atoms with Crippen LogP contribution in [-0.2, 0) is 0 Å². The van der Waals surface area contributed by atoms with E-state index in [4.69, 9.17) is 5.10 Å². The predicted molar refractivity (Wildman–Crippen MR) is 113 cm³/mol. The van der Waals surface area contributed by atoms with Crippen molar-refractivity contribution in [3.05, 3.63) is 94.7 Å². The van der Waals surface area contributed by atoms with E-state index in [-0.39, 0.29) is 5.69 Å². The lowest BCUT2D eigenvalue weighted by molar-refractivity contribution is -0.384. The van der Waals surface area contributed by atoms with Gasteiger partial charge in [0.15, 0.2) is 0 Å². The van der Waals surface area contributed by atoms with Crippen molar-refractivity contribution in [3.8, 4) is 16.9 Å². The molecule has 0 radical (unpaired) electrons. The molecule has 29 heavy (non-hydrogen) atoms. The number of nitro groups is 1. The predicted octanol–water partition coefficient (Wildman–Crippen LogP) is 5.46. The van der Waals surface area contributed by atoms with Gasteiger partial charge in [-0.05, 0) is 25.1 Å². The molecule has 0 saturated heterocycles. The molecule has 0 aliphatic rings. The molecule has 0 amide bonds. The minimum Gasteiger partial charge on any atom is -0.258 e. The maximum absolute atomic E-state index is 11.3. The van der Waals surface area contributed by atoms with Gasteiger partial charge in [-0.3, -0.25) is 15.1 Å². The minimum absolute atomic E-state index is 0.0296. The van der Waals surface area contributed by atoms with Crippen LogP contribution >= 0.6 is 0 Å². The second kappa shape index (κ2) is 6.53. The number of aryl methyl sites for hydroxylation is 1. The molecule has 0 bridgehead atoms. The summed E-state index contributed by atoms with van der Waals surface area (Å²) in [5.41, 5.74) is 5.29. The second-order valence-corrected chi connectivity index (χ2v) is 6.94. The van der Waals surface area contributed by atoms with Crippen molar-refractivity contribution in [2.24, 2.45) is 0 Å². The van der Waals surface area contributed by atoms with Gasteiger partial charge in [0.25, 0.3) is 5.69 Å². The van der Waals surface area contributed by atoms with Crippen molar-refractivity contribution in [3.63, 3.8) is 0 Å². The van der Waals surface area contributed by atoms with E-state index in [1.165, 1.54) is 6.07 Å². The third-order valence-corrected chi connectivity index (χ3v) is 4.99. The Kier molecular flexibility index (Phi) is 3.84. The van der Waals surface area contributed by atoms with Gasteiger partial charge in [0.05, 0.1) is 21.6 Å². The van der Waals surface area contributed by atoms with Crippen molar-refractivity contribution in [1.82, 2.24) is 14.8 Å². The van der Waals surface area contributed by atoms with Gasteiger partial charge in [-0.2, -0.15) is 5.10 Å². The van der Waals surface area contributed by atoms with Crippen molar-refractivity contribution >= 4 is 27.5 Å². The van der Waals surface area contributed by atoms with Crippen LogP contribution in [-0.4, -0.2) is 19.7 Å². The molecule has 0 N–H and O–H groups in total. The van der Waals surface area contributed by atoms with Crippen LogP contribution in [0.4, 0.5) is 5.69 Å². The third-order valence-electron chi connectivity index (χ3n) is 4.99. The Morgan fingerprint density at radius 3 is 2.55 bits per heavy atom. The Bertz CT molecular complexity index is 1390. The molecule has 3 aromatic carbocycles. The van der Waals surface area contributed by atoms with Crippen molar-refractivity contribution in [1.29, 1.82) is 0 Å². The number of rotatable bonds is 3. The zero-order valence-electron chi connectivity index (χ0n) is 15.6. The Hall–Kier alpha value is -4.06. The Labute approximate surface area is 166 Å². The van der Waals surface area contributed by atoms with Gasteiger partial charge < -0.3 is 0 Å². The molecule has 2 aromatic heterocycles. The number of nitrogens with zero attached hydrogens (tertiary/aromatic N) is 4. The van der Waals surface area contributed by atoms with Gasteiger partial charge >= 0.3 is 0 Å². The number of hydrogen-bond acceptors (Lipinski definition) is 4. The molecule has 0 unspecified atom stereocenters. The summed E-state index contributed by atoms with van der Waals surface area (Å²) in [6, 6.07) is 22.5. The van der Waals surface area contributed by atoms with Crippen molar-refractivity contribution in [2.45, 2.75) is 6.92 Å². The van der Waals surface area contributed by atoms with E-state index in [1.54, 1.807) is 16.8 Å². The second-order valence-electron chi connectivity index (χ2n) is 6.94. The largest absolute Gasteiger partial charge is 0.271 e. The summed E-state index contributed by atoms with van der Waals surface area (Å²) >= 11 is 0. The zero-order chi connectivity index (χ0) is 20.0. The Balaban J connectivity index is 1.91. The smallest absolute Gasteiger partial charge is 0.258 e. The maximum Gasteiger partial charge on any atom is 0.271 e. The number of pyridine rings is 1. The van der Waals surface area contributed by atoms with Gasteiger partial charge in [-0.25, -0.2) is 4.68 Å². The van der Waals surface area contributed by atoms with E-state index in [0.717, 1.165) is 38.6 Å². The highest BCUT2D eigenvalue weighted by molar-refractivity contribution is 6.08. The highest BCUT2D eigenvalue weighted by Crippen LogP contribution is 2.34. The van der Waals surface area contributed by atoms with E-state index in [9.17, 15) is 10.1 Å². The molecule has 0 saturated carbocycles. The summed E-state index contributed by atoms with van der Waals surface area (Å²) in [5, 5.41) is 18.0. The molecule has 2 heterocycles. The first-order valence-corrected chi connectivity index (χ1v) is 9.20. The van der Waals surface area contributed by atoms with Crippen LogP contribution in [0.2, 0.25) is 0 Å². The van der Waals surface area contributed by atoms with E-state index in [2.05, 4.69) is 11.1 Å². The summed E-state index contributed by atoms with van der Waals surface area (Å²) in [6.45, 7) is 2.03. The van der Waals surface area contributed by atoms with Crippen LogP contribution in [0.15, 0.2) is 79.0 Å². The number of benzene rings is 3. The molecule has 0 atom stereocenters. The van der Waals surface area contributed by atoms with E-state index < -0.39 is 4.92 Å². The number of aromatic nitrogens is 3. The molecule has 0 spiro atoms. The first-order valence-electron chi connectivity index (χ1n) is 9.20. The number of fused-ring (bicyclic) bond motifs is 3. The van der Waals surface area contributed by atoms with Crippen LogP contribution in [0.1, 0.15) is 5.56 Å². The quantitative estimate of drug-likeness (QED) is 0.308. The zero-order valence-corrected chi connectivity index (χ0v) is 15.6. The van der Waals surface area contributed by atoms with E-state index >= 15 is 0 Å². The van der Waals surface area contributed by atoms with Crippen LogP contribution < -0.4 is 0 Å². The highest BCUT2D eigenvalue weighted by Gasteiger charge is 2.18. The topological polar surface area (TPSA) is 73.8 Å². The third kappa shape index (κ3) is 2.82. The Morgan fingerprint density at radius 2 is 1.76 bits per heavy atom. The fraction of sp³-hybridized carbons (Fsp3) is 0.0435. The SMILES string of the molecule is Cc1ccc2ncc3c(-c4ccccc4)nn(-c4cccc([N+](=O)[O-])c4)c3c2c1. The lowest BCUT2D eigenvalue weighted by Gasteiger charge is -2.06. The van der Waals surface area contributed by atoms with Gasteiger partial charge in [-0.1, -0.05) is 48.0 Å². The summed E-state index contributed by atoms with van der Waals surface area (Å²) in [5.74, 6) is 0. The van der Waals surface area contributed by atoms with Crippen molar-refractivity contribution < 1.29 is 4.92 Å². The molecule has 6 nitrogen and oxygen atoms in total. The average Bonchev–Trinajstić information content (AvgIpc) is 3.14. The normalized spacial score (nSPS) is 11.2. The van der Waals surface area contributed by atoms with Crippen LogP contribution in [0.3, 0.4) is 0 Å². The van der Waals surface area contributed by atoms with Gasteiger partial charge in [-0.15, -0.1) is 0 Å². The molecular weight excluding hydrogens is 364 g/mol. The molecule has 5 rings (SSSR count). The summed E-state index contributed by atoms with van der Waals surface area (Å²) in [6.07, 6.45) is 1.83. The van der Waals surface area contributed by atoms with Crippen LogP contribution in [0.5, 0.6) is 0 Å². The molecule has 0 fully saturated rings. The number of non-ortho nitro benzene ring substituents is 1. The molecule has 0 aliphatic heterocycles. The Morgan fingerprint density at radius 1 is 0.931 bits per heavy atom. The standard InChI is InChI=1S/C23H16N4O2/c1-15-10-11-21-19(12-15)23-20(14-24-21)22(16-6-3-2-4-7-16)25-26(23)17-8-5-9-18(13-17)27(28)29/h2-14H,1H3. The lowest BCUT2D eigenvalue weighted by atomic mass is 10.1. The molecular formula is C23H16N4O2. The lowest BCUT2D eigenvalue weighted by Crippen LogP contribution is -1.99. The highest BCUT2D eigenvalue weighted by atomic mass is 16.6. The molecule has 140 valence electrons. The summed E-state index contributed by atoms with van der Waals surface area (Å²) in [4.78, 5) is 15.5. The first-order chi connectivity index (χ1) is 14.1. The summed E-state index contributed by atoms with van der Waals surface area (Å²) < 4.78 is 1.79. The average molecular weight is 380 g/mol. The monoisotopic (exact) mass is 380 g/mol. The molecule has 5 aromatic rings. The fourth-order valence-electron chi connectivity index (χ4n) is 3.63. The fourth-order valence-corrected chi connectivity index (χ4v) is 3.63. The van der Waals surface area contributed by atoms with Gasteiger partial charge in [0.1, 0.15) is 5.69 Å². The molecule has 6 heteroatoms. The van der Waals surface area contributed by atoms with E-state index in [1.807, 2.05) is 61.7 Å². The number of nitro benzene ring substituents is 1. The number of hydrogen-bond donors (Lipinski definition) is 0. The van der Waals surface area contributed by atoms with E-state index in [0.29, 0.717) is 5.69 Å². The molecule has 0 aliphatic carbocycles. The summed E-state index contributed by atoms with van der Waals surface area (Å²) in [7, 11) is 0. The van der Waals surface area contributed by atoms with Crippen LogP contribution in [0.25, 0.3) is 38.8 Å². The van der Waals surface area contributed by atoms with Gasteiger partial charge in [0.2, 0.25) is 0 Å². The van der Waals surface area contributed by atoms with Gasteiger partial charge in [0, 0.05) is 34.7 Å². The van der Waals surface area contributed by atoms with Crippen LogP contribution in [0, 0.1) is 17.0 Å². The minimum atomic E-state index is -0.392.